The van der Waals surface area contributed by atoms with Crippen LogP contribution < -0.4 is 16.0 Å². The van der Waals surface area contributed by atoms with Crippen molar-refractivity contribution in [2.45, 2.75) is 70.7 Å². The molecule has 0 saturated carbocycles. The van der Waals surface area contributed by atoms with Gasteiger partial charge in [0.2, 0.25) is 17.7 Å². The maximum atomic E-state index is 13.9. The topological polar surface area (TPSA) is 107 Å². The van der Waals surface area contributed by atoms with E-state index in [-0.39, 0.29) is 29.7 Å². The van der Waals surface area contributed by atoms with Crippen LogP contribution in [0, 0.1) is 5.92 Å². The van der Waals surface area contributed by atoms with Crippen molar-refractivity contribution < 1.29 is 14.4 Å². The zero-order chi connectivity index (χ0) is 27.9. The van der Waals surface area contributed by atoms with Gasteiger partial charge in [-0.05, 0) is 61.9 Å². The summed E-state index contributed by atoms with van der Waals surface area (Å²) in [6, 6.07) is 10.3. The van der Waals surface area contributed by atoms with Crippen LogP contribution in [0.2, 0.25) is 0 Å². The van der Waals surface area contributed by atoms with Crippen molar-refractivity contribution in [1.29, 1.82) is 0 Å². The fourth-order valence-corrected chi connectivity index (χ4v) is 5.49. The number of aromatic nitrogens is 1. The van der Waals surface area contributed by atoms with Gasteiger partial charge in [-0.1, -0.05) is 44.2 Å². The van der Waals surface area contributed by atoms with Crippen LogP contribution in [-0.2, 0) is 27.3 Å². The van der Waals surface area contributed by atoms with Crippen molar-refractivity contribution in [2.75, 3.05) is 26.7 Å². The zero-order valence-corrected chi connectivity index (χ0v) is 23.5. The summed E-state index contributed by atoms with van der Waals surface area (Å²) in [6.45, 7) is 7.68. The molecule has 9 heteroatoms. The van der Waals surface area contributed by atoms with Crippen molar-refractivity contribution in [3.05, 3.63) is 65.5 Å². The number of likely N-dealkylation sites (N-methyl/N-ethyl adjacent to an activating group) is 1. The third kappa shape index (κ3) is 7.02. The molecule has 0 spiro atoms. The number of pyridine rings is 1. The first-order chi connectivity index (χ1) is 18.8. The Balaban J connectivity index is 1.56. The van der Waals surface area contributed by atoms with E-state index >= 15 is 0 Å². The monoisotopic (exact) mass is 534 g/mol. The Kier molecular flexibility index (Phi) is 9.69. The fourth-order valence-electron chi connectivity index (χ4n) is 5.49. The number of carbonyl (C=O) groups is 3. The molecule has 0 bridgehead atoms. The second-order valence-corrected chi connectivity index (χ2v) is 11.0. The average Bonchev–Trinajstić information content (AvgIpc) is 2.95. The molecule has 0 radical (unpaired) electrons. The summed E-state index contributed by atoms with van der Waals surface area (Å²) in [5.74, 6) is -0.738. The normalized spacial score (nSPS) is 21.1. The summed E-state index contributed by atoms with van der Waals surface area (Å²) < 4.78 is 0. The van der Waals surface area contributed by atoms with Crippen molar-refractivity contribution in [3.8, 4) is 0 Å². The van der Waals surface area contributed by atoms with Crippen LogP contribution in [0.4, 0.5) is 0 Å². The van der Waals surface area contributed by atoms with Gasteiger partial charge >= 0.3 is 0 Å². The van der Waals surface area contributed by atoms with Crippen LogP contribution >= 0.6 is 0 Å². The van der Waals surface area contributed by atoms with E-state index in [2.05, 4.69) is 38.0 Å². The standard InChI is InChI=1S/C30H42N6O3/c1-20(2)27(34-28(37)21(3)31-4)30(39)36-16-15-35(18-22-9-8-14-32-17-22)19-26(36)29(38)33-25-13-7-11-23-10-5-6-12-24(23)25/h5-6,8-10,12,14,17,20-21,25-27,31H,7,11,13,15-16,18-19H2,1-4H3,(H,33,38)(H,34,37)/t21-,25?,26-,27-/m0/s1. The van der Waals surface area contributed by atoms with Gasteiger partial charge < -0.3 is 20.9 Å². The molecule has 2 heterocycles. The molecule has 1 fully saturated rings. The molecular weight excluding hydrogens is 492 g/mol. The van der Waals surface area contributed by atoms with Gasteiger partial charge in [0.05, 0.1) is 12.1 Å². The number of nitrogens with one attached hydrogen (secondary N) is 3. The van der Waals surface area contributed by atoms with E-state index in [4.69, 9.17) is 0 Å². The predicted octanol–water partition coefficient (Wildman–Crippen LogP) is 2.04. The Labute approximate surface area is 231 Å². The number of nitrogens with zero attached hydrogens (tertiary/aromatic N) is 3. The molecule has 1 unspecified atom stereocenters. The van der Waals surface area contributed by atoms with E-state index in [0.29, 0.717) is 26.2 Å². The molecule has 1 aromatic heterocycles. The van der Waals surface area contributed by atoms with Crippen LogP contribution in [0.3, 0.4) is 0 Å². The summed E-state index contributed by atoms with van der Waals surface area (Å²) in [6.07, 6.45) is 6.46. The van der Waals surface area contributed by atoms with E-state index in [9.17, 15) is 14.4 Å². The molecule has 4 atom stereocenters. The third-order valence-corrected chi connectivity index (χ3v) is 7.92. The number of amides is 3. The lowest BCUT2D eigenvalue weighted by molar-refractivity contribution is -0.148. The number of hydrogen-bond acceptors (Lipinski definition) is 6. The Hall–Kier alpha value is -3.30. The molecular formula is C30H42N6O3. The van der Waals surface area contributed by atoms with Gasteiger partial charge in [0.1, 0.15) is 12.1 Å². The number of rotatable bonds is 9. The van der Waals surface area contributed by atoms with E-state index in [1.54, 1.807) is 25.1 Å². The first kappa shape index (κ1) is 28.7. The molecule has 1 aliphatic carbocycles. The maximum Gasteiger partial charge on any atom is 0.246 e. The van der Waals surface area contributed by atoms with Gasteiger partial charge in [-0.2, -0.15) is 0 Å². The highest BCUT2D eigenvalue weighted by Gasteiger charge is 2.40. The fraction of sp³-hybridized carbons (Fsp3) is 0.533. The first-order valence-corrected chi connectivity index (χ1v) is 14.1. The predicted molar refractivity (Wildman–Crippen MR) is 151 cm³/mol. The van der Waals surface area contributed by atoms with E-state index in [1.165, 1.54) is 5.56 Å². The van der Waals surface area contributed by atoms with Crippen LogP contribution in [0.15, 0.2) is 48.8 Å². The highest BCUT2D eigenvalue weighted by molar-refractivity contribution is 5.93. The van der Waals surface area contributed by atoms with Crippen LogP contribution in [-0.4, -0.2) is 77.3 Å². The van der Waals surface area contributed by atoms with Crippen molar-refractivity contribution in [2.24, 2.45) is 5.92 Å². The number of aryl methyl sites for hydroxylation is 1. The largest absolute Gasteiger partial charge is 0.347 e. The second kappa shape index (κ2) is 13.2. The smallest absolute Gasteiger partial charge is 0.246 e. The minimum atomic E-state index is -0.719. The SMILES string of the molecule is CN[C@@H](C)C(=O)N[C@H](C(=O)N1CCN(Cc2cccnc2)C[C@H]1C(=O)NC1CCCc2ccccc21)C(C)C. The Morgan fingerprint density at radius 2 is 1.87 bits per heavy atom. The van der Waals surface area contributed by atoms with Crippen molar-refractivity contribution in [1.82, 2.24) is 30.7 Å². The minimum absolute atomic E-state index is 0.0785. The van der Waals surface area contributed by atoms with E-state index in [0.717, 1.165) is 30.4 Å². The Morgan fingerprint density at radius 3 is 2.59 bits per heavy atom. The van der Waals surface area contributed by atoms with Crippen LogP contribution in [0.25, 0.3) is 0 Å². The quantitative estimate of drug-likeness (QED) is 0.455. The number of benzene rings is 1. The lowest BCUT2D eigenvalue weighted by Gasteiger charge is -2.43. The summed E-state index contributed by atoms with van der Waals surface area (Å²) in [5, 5.41) is 9.13. The summed E-state index contributed by atoms with van der Waals surface area (Å²) in [5.41, 5.74) is 3.49. The Bertz CT molecular complexity index is 1140. The lowest BCUT2D eigenvalue weighted by atomic mass is 9.87. The molecule has 3 amide bonds. The molecule has 210 valence electrons. The molecule has 4 rings (SSSR count). The Morgan fingerprint density at radius 1 is 1.08 bits per heavy atom. The maximum absolute atomic E-state index is 13.9. The molecule has 1 aliphatic heterocycles. The summed E-state index contributed by atoms with van der Waals surface area (Å²) >= 11 is 0. The van der Waals surface area contributed by atoms with Gasteiger partial charge in [0.15, 0.2) is 0 Å². The molecule has 1 aromatic carbocycles. The van der Waals surface area contributed by atoms with Crippen LogP contribution in [0.5, 0.6) is 0 Å². The van der Waals surface area contributed by atoms with Crippen molar-refractivity contribution >= 4 is 17.7 Å². The molecule has 1 saturated heterocycles. The molecule has 2 aromatic rings. The van der Waals surface area contributed by atoms with Gasteiger partial charge in [-0.15, -0.1) is 0 Å². The highest BCUT2D eigenvalue weighted by atomic mass is 16.2. The molecule has 2 aliphatic rings. The zero-order valence-electron chi connectivity index (χ0n) is 23.5. The molecule has 3 N–H and O–H groups in total. The average molecular weight is 535 g/mol. The van der Waals surface area contributed by atoms with Gasteiger partial charge in [0.25, 0.3) is 0 Å². The van der Waals surface area contributed by atoms with Crippen molar-refractivity contribution in [3.63, 3.8) is 0 Å². The summed E-state index contributed by atoms with van der Waals surface area (Å²) in [4.78, 5) is 48.6. The van der Waals surface area contributed by atoms with Crippen LogP contribution in [0.1, 0.15) is 56.3 Å². The van der Waals surface area contributed by atoms with Gasteiger partial charge in [-0.3, -0.25) is 24.3 Å². The second-order valence-electron chi connectivity index (χ2n) is 11.0. The number of piperazine rings is 1. The molecule has 9 nitrogen and oxygen atoms in total. The van der Waals surface area contributed by atoms with Gasteiger partial charge in [0, 0.05) is 38.6 Å². The highest BCUT2D eigenvalue weighted by Crippen LogP contribution is 2.30. The third-order valence-electron chi connectivity index (χ3n) is 7.92. The van der Waals surface area contributed by atoms with Gasteiger partial charge in [-0.25, -0.2) is 0 Å². The first-order valence-electron chi connectivity index (χ1n) is 14.1. The van der Waals surface area contributed by atoms with E-state index < -0.39 is 18.1 Å². The number of carbonyl (C=O) groups excluding carboxylic acids is 3. The number of hydrogen-bond donors (Lipinski definition) is 3. The lowest BCUT2D eigenvalue weighted by Crippen LogP contribution is -2.64. The minimum Gasteiger partial charge on any atom is -0.347 e. The summed E-state index contributed by atoms with van der Waals surface area (Å²) in [7, 11) is 1.71. The molecule has 39 heavy (non-hydrogen) atoms. The number of fused-ring (bicyclic) bond motifs is 1. The van der Waals surface area contributed by atoms with E-state index in [1.807, 2.05) is 44.3 Å².